The molecule has 0 aromatic heterocycles. The van der Waals surface area contributed by atoms with Crippen molar-refractivity contribution in [2.75, 3.05) is 13.2 Å². The molecule has 160 valence electrons. The lowest BCUT2D eigenvalue weighted by atomic mass is 9.69. The Morgan fingerprint density at radius 2 is 1.43 bits per heavy atom. The SMILES string of the molecule is CC1(C)CC[Si](C)(c2ccccc2CC2CO2)OC1(C)c1ccccc1CC1CO1. The molecule has 0 spiro atoms. The first-order valence-electron chi connectivity index (χ1n) is 11.4. The fraction of sp³-hybridized carbons (Fsp3) is 0.538. The summed E-state index contributed by atoms with van der Waals surface area (Å²) in [5.41, 5.74) is 3.91. The Labute approximate surface area is 181 Å². The number of hydrogen-bond donors (Lipinski definition) is 0. The van der Waals surface area contributed by atoms with Gasteiger partial charge < -0.3 is 13.9 Å². The maximum atomic E-state index is 7.39. The Morgan fingerprint density at radius 3 is 2.10 bits per heavy atom. The molecule has 0 amide bonds. The molecule has 30 heavy (non-hydrogen) atoms. The molecule has 4 heteroatoms. The van der Waals surface area contributed by atoms with Gasteiger partial charge in [0.25, 0.3) is 0 Å². The van der Waals surface area contributed by atoms with Crippen LogP contribution in [-0.4, -0.2) is 33.7 Å². The van der Waals surface area contributed by atoms with Gasteiger partial charge in [-0.15, -0.1) is 0 Å². The predicted octanol–water partition coefficient (Wildman–Crippen LogP) is 4.71. The van der Waals surface area contributed by atoms with Gasteiger partial charge in [0.15, 0.2) is 0 Å². The molecule has 5 rings (SSSR count). The summed E-state index contributed by atoms with van der Waals surface area (Å²) in [6.07, 6.45) is 3.95. The van der Waals surface area contributed by atoms with Crippen molar-refractivity contribution < 1.29 is 13.9 Å². The third-order valence-electron chi connectivity index (χ3n) is 7.77. The lowest BCUT2D eigenvalue weighted by Gasteiger charge is -2.55. The third kappa shape index (κ3) is 3.68. The minimum atomic E-state index is -2.14. The summed E-state index contributed by atoms with van der Waals surface area (Å²) < 4.78 is 18.5. The molecule has 0 radical (unpaired) electrons. The molecule has 0 bridgehead atoms. The number of benzene rings is 2. The van der Waals surface area contributed by atoms with Crippen molar-refractivity contribution in [3.8, 4) is 0 Å². The molecule has 4 atom stereocenters. The largest absolute Gasteiger partial charge is 0.403 e. The summed E-state index contributed by atoms with van der Waals surface area (Å²) in [7, 11) is -2.14. The monoisotopic (exact) mass is 422 g/mol. The van der Waals surface area contributed by atoms with Crippen molar-refractivity contribution in [2.45, 2.75) is 70.4 Å². The second-order valence-electron chi connectivity index (χ2n) is 10.4. The fourth-order valence-electron chi connectivity index (χ4n) is 5.28. The molecule has 0 aliphatic carbocycles. The van der Waals surface area contributed by atoms with E-state index in [-0.39, 0.29) is 11.0 Å². The molecule has 2 aromatic carbocycles. The van der Waals surface area contributed by atoms with Crippen molar-refractivity contribution in [1.29, 1.82) is 0 Å². The summed E-state index contributed by atoms with van der Waals surface area (Å²) in [6, 6.07) is 19.0. The maximum absolute atomic E-state index is 7.39. The lowest BCUT2D eigenvalue weighted by Crippen LogP contribution is -2.62. The topological polar surface area (TPSA) is 34.3 Å². The quantitative estimate of drug-likeness (QED) is 0.499. The van der Waals surface area contributed by atoms with Gasteiger partial charge in [0.05, 0.1) is 31.0 Å². The molecule has 3 saturated heterocycles. The first kappa shape index (κ1) is 20.4. The smallest absolute Gasteiger partial charge is 0.222 e. The Morgan fingerprint density at radius 1 is 0.867 bits per heavy atom. The van der Waals surface area contributed by atoms with E-state index in [4.69, 9.17) is 13.9 Å². The highest BCUT2D eigenvalue weighted by Gasteiger charge is 2.54. The second kappa shape index (κ2) is 7.30. The van der Waals surface area contributed by atoms with E-state index in [0.29, 0.717) is 12.2 Å². The van der Waals surface area contributed by atoms with E-state index in [2.05, 4.69) is 75.8 Å². The van der Waals surface area contributed by atoms with Gasteiger partial charge in [-0.05, 0) is 53.2 Å². The van der Waals surface area contributed by atoms with Gasteiger partial charge in [0.2, 0.25) is 8.32 Å². The number of hydrogen-bond acceptors (Lipinski definition) is 3. The molecule has 3 fully saturated rings. The van der Waals surface area contributed by atoms with E-state index in [9.17, 15) is 0 Å². The van der Waals surface area contributed by atoms with Crippen LogP contribution in [0.4, 0.5) is 0 Å². The van der Waals surface area contributed by atoms with E-state index in [1.165, 1.54) is 28.3 Å². The zero-order valence-corrected chi connectivity index (χ0v) is 19.7. The van der Waals surface area contributed by atoms with Crippen molar-refractivity contribution >= 4 is 13.5 Å². The van der Waals surface area contributed by atoms with Crippen LogP contribution in [0.25, 0.3) is 0 Å². The molecule has 3 aliphatic rings. The molecule has 0 N–H and O–H groups in total. The number of epoxide rings is 2. The number of ether oxygens (including phenoxy) is 2. The van der Waals surface area contributed by atoms with Crippen LogP contribution in [0, 0.1) is 5.41 Å². The van der Waals surface area contributed by atoms with Crippen LogP contribution in [0.3, 0.4) is 0 Å². The van der Waals surface area contributed by atoms with Crippen molar-refractivity contribution in [3.63, 3.8) is 0 Å². The van der Waals surface area contributed by atoms with Gasteiger partial charge in [-0.1, -0.05) is 62.4 Å². The Bertz CT molecular complexity index is 933. The Balaban J connectivity index is 1.54. The Kier molecular flexibility index (Phi) is 4.97. The second-order valence-corrected chi connectivity index (χ2v) is 14.1. The normalized spacial score (nSPS) is 34.5. The van der Waals surface area contributed by atoms with Crippen LogP contribution in [-0.2, 0) is 32.3 Å². The van der Waals surface area contributed by atoms with E-state index in [1.54, 1.807) is 0 Å². The average molecular weight is 423 g/mol. The minimum Gasteiger partial charge on any atom is -0.403 e. The summed E-state index contributed by atoms with van der Waals surface area (Å²) in [4.78, 5) is 0. The van der Waals surface area contributed by atoms with Crippen LogP contribution in [0.15, 0.2) is 48.5 Å². The first-order valence-corrected chi connectivity index (χ1v) is 14.0. The minimum absolute atomic E-state index is 0.0641. The zero-order chi connectivity index (χ0) is 21.0. The average Bonchev–Trinajstić information content (AvgIpc) is 3.64. The van der Waals surface area contributed by atoms with Crippen LogP contribution in [0.5, 0.6) is 0 Å². The summed E-state index contributed by atoms with van der Waals surface area (Å²) in [6.45, 7) is 11.3. The summed E-state index contributed by atoms with van der Waals surface area (Å²) in [5.74, 6) is 0. The van der Waals surface area contributed by atoms with E-state index in [0.717, 1.165) is 32.1 Å². The van der Waals surface area contributed by atoms with Gasteiger partial charge >= 0.3 is 0 Å². The van der Waals surface area contributed by atoms with Gasteiger partial charge in [-0.2, -0.15) is 0 Å². The molecule has 2 aromatic rings. The van der Waals surface area contributed by atoms with Crippen molar-refractivity contribution in [1.82, 2.24) is 0 Å². The first-order chi connectivity index (χ1) is 14.3. The molecular weight excluding hydrogens is 388 g/mol. The van der Waals surface area contributed by atoms with Crippen LogP contribution >= 0.6 is 0 Å². The number of rotatable bonds is 6. The fourth-order valence-corrected chi connectivity index (χ4v) is 9.46. The molecule has 4 unspecified atom stereocenters. The van der Waals surface area contributed by atoms with Crippen LogP contribution in [0.2, 0.25) is 12.6 Å². The third-order valence-corrected chi connectivity index (χ3v) is 11.5. The van der Waals surface area contributed by atoms with E-state index < -0.39 is 8.32 Å². The molecule has 3 nitrogen and oxygen atoms in total. The van der Waals surface area contributed by atoms with Gasteiger partial charge in [0.1, 0.15) is 0 Å². The van der Waals surface area contributed by atoms with Crippen LogP contribution in [0.1, 0.15) is 43.9 Å². The van der Waals surface area contributed by atoms with E-state index >= 15 is 0 Å². The van der Waals surface area contributed by atoms with Gasteiger partial charge in [0, 0.05) is 12.8 Å². The summed E-state index contributed by atoms with van der Waals surface area (Å²) in [5, 5.41) is 1.46. The van der Waals surface area contributed by atoms with Crippen molar-refractivity contribution in [2.24, 2.45) is 5.41 Å². The van der Waals surface area contributed by atoms with Crippen LogP contribution < -0.4 is 5.19 Å². The zero-order valence-electron chi connectivity index (χ0n) is 18.7. The highest BCUT2D eigenvalue weighted by molar-refractivity contribution is 6.86. The standard InChI is InChI=1S/C26H34O3Si/c1-25(2)13-14-30(4,24-12-8-6-10-20(24)16-22-18-28-22)29-26(25,3)23-11-7-5-9-19(23)15-21-17-27-21/h5-12,21-22H,13-18H2,1-4H3. The molecule has 3 aliphatic heterocycles. The Hall–Kier alpha value is -1.46. The van der Waals surface area contributed by atoms with Gasteiger partial charge in [-0.25, -0.2) is 0 Å². The van der Waals surface area contributed by atoms with Gasteiger partial charge in [-0.3, -0.25) is 0 Å². The maximum Gasteiger partial charge on any atom is 0.222 e. The molecule has 3 heterocycles. The van der Waals surface area contributed by atoms with Crippen molar-refractivity contribution in [3.05, 3.63) is 65.2 Å². The molecule has 0 saturated carbocycles. The lowest BCUT2D eigenvalue weighted by molar-refractivity contribution is -0.0597. The predicted molar refractivity (Wildman–Crippen MR) is 123 cm³/mol. The van der Waals surface area contributed by atoms with E-state index in [1.807, 2.05) is 0 Å². The summed E-state index contributed by atoms with van der Waals surface area (Å²) >= 11 is 0. The molecular formula is C26H34O3Si. The highest BCUT2D eigenvalue weighted by Crippen LogP contribution is 2.53. The highest BCUT2D eigenvalue weighted by atomic mass is 28.4.